The first kappa shape index (κ1) is 17.1. The summed E-state index contributed by atoms with van der Waals surface area (Å²) in [5.74, 6) is 0.156. The standard InChI is InChI=1S/C22H20N2O3/c1-22(2)21(26)23-17-11-5-6-12-18(17)24(22)20(25)14-27-19-13-7-9-15-8-3-4-10-16(15)19/h3-13H,14H2,1-2H3,(H,23,26). The lowest BCUT2D eigenvalue weighted by Crippen LogP contribution is -2.59. The van der Waals surface area contributed by atoms with Gasteiger partial charge in [-0.2, -0.15) is 0 Å². The minimum Gasteiger partial charge on any atom is -0.483 e. The van der Waals surface area contributed by atoms with Gasteiger partial charge in [0.1, 0.15) is 11.3 Å². The van der Waals surface area contributed by atoms with Crippen LogP contribution in [-0.2, 0) is 9.59 Å². The molecule has 0 aromatic heterocycles. The van der Waals surface area contributed by atoms with Crippen molar-refractivity contribution in [1.29, 1.82) is 0 Å². The van der Waals surface area contributed by atoms with Crippen LogP contribution in [-0.4, -0.2) is 24.0 Å². The van der Waals surface area contributed by atoms with Crippen molar-refractivity contribution >= 4 is 34.0 Å². The van der Waals surface area contributed by atoms with Gasteiger partial charge in [-0.05, 0) is 37.4 Å². The van der Waals surface area contributed by atoms with Gasteiger partial charge >= 0.3 is 0 Å². The highest BCUT2D eigenvalue weighted by Gasteiger charge is 2.43. The van der Waals surface area contributed by atoms with Gasteiger partial charge in [0.2, 0.25) is 5.91 Å². The summed E-state index contributed by atoms with van der Waals surface area (Å²) >= 11 is 0. The smallest absolute Gasteiger partial charge is 0.265 e. The highest BCUT2D eigenvalue weighted by molar-refractivity contribution is 6.14. The summed E-state index contributed by atoms with van der Waals surface area (Å²) in [6.07, 6.45) is 0. The Morgan fingerprint density at radius 3 is 2.56 bits per heavy atom. The number of amides is 2. The second kappa shape index (κ2) is 6.43. The molecule has 0 bridgehead atoms. The van der Waals surface area contributed by atoms with E-state index in [-0.39, 0.29) is 18.4 Å². The predicted octanol–water partition coefficient (Wildman–Crippen LogP) is 3.98. The van der Waals surface area contributed by atoms with E-state index in [1.54, 1.807) is 19.9 Å². The van der Waals surface area contributed by atoms with Crippen LogP contribution < -0.4 is 15.0 Å². The zero-order valence-electron chi connectivity index (χ0n) is 15.2. The maximum absolute atomic E-state index is 13.1. The summed E-state index contributed by atoms with van der Waals surface area (Å²) < 4.78 is 5.85. The third-order valence-corrected chi connectivity index (χ3v) is 4.86. The molecule has 1 heterocycles. The lowest BCUT2D eigenvalue weighted by atomic mass is 9.96. The number of ether oxygens (including phenoxy) is 1. The summed E-state index contributed by atoms with van der Waals surface area (Å²) in [5.41, 5.74) is 0.294. The Labute approximate surface area is 157 Å². The summed E-state index contributed by atoms with van der Waals surface area (Å²) in [7, 11) is 0. The van der Waals surface area contributed by atoms with Crippen molar-refractivity contribution in [1.82, 2.24) is 0 Å². The molecule has 0 aliphatic carbocycles. The first-order chi connectivity index (χ1) is 13.0. The molecule has 136 valence electrons. The number of nitrogens with one attached hydrogen (secondary N) is 1. The third-order valence-electron chi connectivity index (χ3n) is 4.86. The van der Waals surface area contributed by atoms with Crippen LogP contribution in [0, 0.1) is 0 Å². The molecule has 1 aliphatic rings. The second-order valence-electron chi connectivity index (χ2n) is 7.03. The lowest BCUT2D eigenvalue weighted by Gasteiger charge is -2.41. The maximum Gasteiger partial charge on any atom is 0.265 e. The fraction of sp³-hybridized carbons (Fsp3) is 0.182. The van der Waals surface area contributed by atoms with E-state index in [1.165, 1.54) is 4.90 Å². The van der Waals surface area contributed by atoms with Gasteiger partial charge in [-0.3, -0.25) is 14.5 Å². The number of para-hydroxylation sites is 2. The van der Waals surface area contributed by atoms with Crippen molar-refractivity contribution in [2.75, 3.05) is 16.8 Å². The highest BCUT2D eigenvalue weighted by Crippen LogP contribution is 2.36. The van der Waals surface area contributed by atoms with Crippen LogP contribution in [0.2, 0.25) is 0 Å². The molecule has 5 nitrogen and oxygen atoms in total. The van der Waals surface area contributed by atoms with Crippen LogP contribution >= 0.6 is 0 Å². The zero-order valence-corrected chi connectivity index (χ0v) is 15.2. The van der Waals surface area contributed by atoms with Crippen molar-refractivity contribution in [3.05, 3.63) is 66.7 Å². The molecule has 0 radical (unpaired) electrons. The molecule has 0 saturated heterocycles. The molecule has 1 N–H and O–H groups in total. The van der Waals surface area contributed by atoms with Gasteiger partial charge in [0.05, 0.1) is 11.4 Å². The number of rotatable bonds is 3. The fourth-order valence-electron chi connectivity index (χ4n) is 3.42. The average Bonchev–Trinajstić information content (AvgIpc) is 2.67. The van der Waals surface area contributed by atoms with Gasteiger partial charge in [-0.25, -0.2) is 0 Å². The van der Waals surface area contributed by atoms with Crippen molar-refractivity contribution in [3.8, 4) is 5.75 Å². The van der Waals surface area contributed by atoms with Gasteiger partial charge in [0.25, 0.3) is 5.91 Å². The molecule has 0 spiro atoms. The summed E-state index contributed by atoms with van der Waals surface area (Å²) in [6, 6.07) is 20.9. The minimum absolute atomic E-state index is 0.154. The van der Waals surface area contributed by atoms with Gasteiger partial charge in [0, 0.05) is 5.39 Å². The largest absolute Gasteiger partial charge is 0.483 e. The van der Waals surface area contributed by atoms with Crippen molar-refractivity contribution in [3.63, 3.8) is 0 Å². The first-order valence-corrected chi connectivity index (χ1v) is 8.82. The second-order valence-corrected chi connectivity index (χ2v) is 7.03. The van der Waals surface area contributed by atoms with E-state index in [0.717, 1.165) is 10.8 Å². The molecule has 4 rings (SSSR count). The van der Waals surface area contributed by atoms with Crippen molar-refractivity contribution in [2.24, 2.45) is 0 Å². The maximum atomic E-state index is 13.1. The molecule has 27 heavy (non-hydrogen) atoms. The van der Waals surface area contributed by atoms with Crippen molar-refractivity contribution < 1.29 is 14.3 Å². The van der Waals surface area contributed by atoms with Crippen LogP contribution in [0.3, 0.4) is 0 Å². The van der Waals surface area contributed by atoms with Crippen LogP contribution in [0.5, 0.6) is 5.75 Å². The van der Waals surface area contributed by atoms with E-state index in [4.69, 9.17) is 4.74 Å². The molecule has 3 aromatic carbocycles. The van der Waals surface area contributed by atoms with E-state index in [9.17, 15) is 9.59 Å². The normalized spacial score (nSPS) is 15.2. The summed E-state index contributed by atoms with van der Waals surface area (Å²) in [5, 5.41) is 4.85. The molecule has 1 aliphatic heterocycles. The van der Waals surface area contributed by atoms with Crippen LogP contribution in [0.25, 0.3) is 10.8 Å². The molecular formula is C22H20N2O3. The number of carbonyl (C=O) groups is 2. The van der Waals surface area contributed by atoms with Crippen LogP contribution in [0.15, 0.2) is 66.7 Å². The van der Waals surface area contributed by atoms with Crippen LogP contribution in [0.1, 0.15) is 13.8 Å². The Kier molecular flexibility index (Phi) is 4.07. The Bertz CT molecular complexity index is 1040. The number of hydrogen-bond donors (Lipinski definition) is 1. The SMILES string of the molecule is CC1(C)C(=O)Nc2ccccc2N1C(=O)COc1cccc2ccccc12. The first-order valence-electron chi connectivity index (χ1n) is 8.82. The molecule has 0 fully saturated rings. The average molecular weight is 360 g/mol. The Hall–Kier alpha value is -3.34. The molecule has 3 aromatic rings. The number of nitrogens with zero attached hydrogens (tertiary/aromatic N) is 1. The Balaban J connectivity index is 1.63. The van der Waals surface area contributed by atoms with Gasteiger partial charge in [-0.15, -0.1) is 0 Å². The number of carbonyl (C=O) groups excluding carboxylic acids is 2. The molecule has 0 unspecified atom stereocenters. The molecule has 2 amide bonds. The zero-order chi connectivity index (χ0) is 19.0. The van der Waals surface area contributed by atoms with E-state index in [2.05, 4.69) is 5.32 Å². The van der Waals surface area contributed by atoms with E-state index >= 15 is 0 Å². The summed E-state index contributed by atoms with van der Waals surface area (Å²) in [6.45, 7) is 3.31. The Morgan fingerprint density at radius 2 is 1.70 bits per heavy atom. The predicted molar refractivity (Wildman–Crippen MR) is 106 cm³/mol. The fourth-order valence-corrected chi connectivity index (χ4v) is 3.42. The number of hydrogen-bond acceptors (Lipinski definition) is 3. The quantitative estimate of drug-likeness (QED) is 0.768. The van der Waals surface area contributed by atoms with E-state index in [1.807, 2.05) is 60.7 Å². The molecular weight excluding hydrogens is 340 g/mol. The number of fused-ring (bicyclic) bond motifs is 2. The van der Waals surface area contributed by atoms with Gasteiger partial charge in [0.15, 0.2) is 6.61 Å². The van der Waals surface area contributed by atoms with E-state index < -0.39 is 5.54 Å². The van der Waals surface area contributed by atoms with Crippen molar-refractivity contribution in [2.45, 2.75) is 19.4 Å². The number of anilines is 2. The van der Waals surface area contributed by atoms with E-state index in [0.29, 0.717) is 17.1 Å². The topological polar surface area (TPSA) is 58.6 Å². The summed E-state index contributed by atoms with van der Waals surface area (Å²) in [4.78, 5) is 27.1. The molecule has 0 saturated carbocycles. The molecule has 5 heteroatoms. The van der Waals surface area contributed by atoms with Gasteiger partial charge in [-0.1, -0.05) is 48.5 Å². The highest BCUT2D eigenvalue weighted by atomic mass is 16.5. The molecule has 0 atom stereocenters. The van der Waals surface area contributed by atoms with Crippen LogP contribution in [0.4, 0.5) is 11.4 Å². The lowest BCUT2D eigenvalue weighted by molar-refractivity contribution is -0.127. The third kappa shape index (κ3) is 2.91. The monoisotopic (exact) mass is 360 g/mol. The minimum atomic E-state index is -1.01. The van der Waals surface area contributed by atoms with Gasteiger partial charge < -0.3 is 10.1 Å². The Morgan fingerprint density at radius 1 is 1.00 bits per heavy atom. The number of benzene rings is 3.